The lowest BCUT2D eigenvalue weighted by Gasteiger charge is -2.21. The van der Waals surface area contributed by atoms with Crippen LogP contribution < -0.4 is 10.6 Å². The Morgan fingerprint density at radius 3 is 2.50 bits per heavy atom. The Hall–Kier alpha value is -0.0800. The van der Waals surface area contributed by atoms with Crippen molar-refractivity contribution in [2.24, 2.45) is 16.8 Å². The number of aliphatic imine (C=N–C) groups is 1. The van der Waals surface area contributed by atoms with E-state index in [2.05, 4.69) is 36.4 Å². The van der Waals surface area contributed by atoms with Crippen LogP contribution in [0.3, 0.4) is 0 Å². The van der Waals surface area contributed by atoms with E-state index in [-0.39, 0.29) is 24.0 Å². The van der Waals surface area contributed by atoms with Crippen LogP contribution in [0.15, 0.2) is 4.99 Å². The fourth-order valence-electron chi connectivity index (χ4n) is 2.65. The van der Waals surface area contributed by atoms with Gasteiger partial charge in [-0.1, -0.05) is 26.7 Å². The summed E-state index contributed by atoms with van der Waals surface area (Å²) in [6.07, 6.45) is 5.69. The molecule has 0 radical (unpaired) electrons. The molecular formula is C18H38IN3O2. The second-order valence-corrected chi connectivity index (χ2v) is 6.31. The van der Waals surface area contributed by atoms with Gasteiger partial charge in [-0.15, -0.1) is 24.0 Å². The molecule has 1 heterocycles. The summed E-state index contributed by atoms with van der Waals surface area (Å²) in [5.41, 5.74) is 0. The van der Waals surface area contributed by atoms with Crippen LogP contribution in [0.4, 0.5) is 0 Å². The zero-order valence-electron chi connectivity index (χ0n) is 15.8. The molecule has 0 saturated carbocycles. The lowest BCUT2D eigenvalue weighted by atomic mass is 10.0. The van der Waals surface area contributed by atoms with Crippen LogP contribution in [-0.4, -0.2) is 52.0 Å². The van der Waals surface area contributed by atoms with E-state index >= 15 is 0 Å². The number of nitrogens with zero attached hydrogens (tertiary/aromatic N) is 1. The molecule has 0 unspecified atom stereocenters. The summed E-state index contributed by atoms with van der Waals surface area (Å²) in [5.74, 6) is 2.31. The van der Waals surface area contributed by atoms with E-state index in [1.807, 2.05) is 0 Å². The molecule has 0 aliphatic carbocycles. The predicted molar refractivity (Wildman–Crippen MR) is 112 cm³/mol. The molecule has 1 fully saturated rings. The summed E-state index contributed by atoms with van der Waals surface area (Å²) < 4.78 is 11.2. The third kappa shape index (κ3) is 11.5. The molecule has 0 bridgehead atoms. The van der Waals surface area contributed by atoms with Crippen LogP contribution >= 0.6 is 24.0 Å². The van der Waals surface area contributed by atoms with Crippen LogP contribution in [0, 0.1) is 11.8 Å². The highest BCUT2D eigenvalue weighted by Gasteiger charge is 2.13. The minimum Gasteiger partial charge on any atom is -0.381 e. The number of hydrogen-bond donors (Lipinski definition) is 2. The predicted octanol–water partition coefficient (Wildman–Crippen LogP) is 3.43. The molecule has 0 atom stereocenters. The molecule has 2 N–H and O–H groups in total. The Morgan fingerprint density at radius 2 is 1.88 bits per heavy atom. The maximum Gasteiger partial charge on any atom is 0.191 e. The molecule has 144 valence electrons. The zero-order chi connectivity index (χ0) is 16.8. The van der Waals surface area contributed by atoms with E-state index < -0.39 is 0 Å². The van der Waals surface area contributed by atoms with Gasteiger partial charge in [-0.05, 0) is 38.0 Å². The Morgan fingerprint density at radius 1 is 1.17 bits per heavy atom. The molecule has 0 aromatic heterocycles. The standard InChI is InChI=1S/C18H37N3O2.HI/c1-4-16(5-2)14-21-18(19-6-3)20-10-7-11-23-15-17-8-12-22-13-9-17;/h16-17H,4-15H2,1-3H3,(H2,19,20,21);1H. The summed E-state index contributed by atoms with van der Waals surface area (Å²) in [7, 11) is 0. The molecule has 0 aromatic rings. The van der Waals surface area contributed by atoms with E-state index in [1.54, 1.807) is 0 Å². The van der Waals surface area contributed by atoms with Gasteiger partial charge in [-0.25, -0.2) is 0 Å². The quantitative estimate of drug-likeness (QED) is 0.217. The number of rotatable bonds is 11. The summed E-state index contributed by atoms with van der Waals surface area (Å²) >= 11 is 0. The lowest BCUT2D eigenvalue weighted by molar-refractivity contribution is 0.0203. The summed E-state index contributed by atoms with van der Waals surface area (Å²) in [5, 5.41) is 6.71. The summed E-state index contributed by atoms with van der Waals surface area (Å²) in [6, 6.07) is 0. The Labute approximate surface area is 165 Å². The molecule has 0 spiro atoms. The smallest absolute Gasteiger partial charge is 0.191 e. The average Bonchev–Trinajstić information content (AvgIpc) is 2.59. The van der Waals surface area contributed by atoms with Crippen molar-refractivity contribution in [3.63, 3.8) is 0 Å². The van der Waals surface area contributed by atoms with E-state index in [0.717, 1.165) is 71.3 Å². The maximum absolute atomic E-state index is 5.79. The zero-order valence-corrected chi connectivity index (χ0v) is 18.1. The first-order chi connectivity index (χ1) is 11.3. The topological polar surface area (TPSA) is 54.9 Å². The molecule has 1 aliphatic rings. The highest BCUT2D eigenvalue weighted by molar-refractivity contribution is 14.0. The molecule has 24 heavy (non-hydrogen) atoms. The van der Waals surface area contributed by atoms with Crippen molar-refractivity contribution in [1.29, 1.82) is 0 Å². The van der Waals surface area contributed by atoms with Gasteiger partial charge in [-0.3, -0.25) is 4.99 Å². The summed E-state index contributed by atoms with van der Waals surface area (Å²) in [4.78, 5) is 4.69. The van der Waals surface area contributed by atoms with Crippen molar-refractivity contribution < 1.29 is 9.47 Å². The first-order valence-electron chi connectivity index (χ1n) is 9.47. The molecule has 1 saturated heterocycles. The van der Waals surface area contributed by atoms with E-state index in [1.165, 1.54) is 12.8 Å². The van der Waals surface area contributed by atoms with Crippen LogP contribution in [0.1, 0.15) is 52.9 Å². The van der Waals surface area contributed by atoms with Gasteiger partial charge in [-0.2, -0.15) is 0 Å². The highest BCUT2D eigenvalue weighted by atomic mass is 127. The van der Waals surface area contributed by atoms with Crippen molar-refractivity contribution in [3.8, 4) is 0 Å². The Kier molecular flexibility index (Phi) is 16.3. The van der Waals surface area contributed by atoms with Crippen molar-refractivity contribution in [1.82, 2.24) is 10.6 Å². The van der Waals surface area contributed by atoms with Gasteiger partial charge in [0.2, 0.25) is 0 Å². The Balaban J connectivity index is 0.00000529. The molecule has 6 heteroatoms. The maximum atomic E-state index is 5.79. The minimum absolute atomic E-state index is 0. The molecule has 0 amide bonds. The lowest BCUT2D eigenvalue weighted by Crippen LogP contribution is -2.38. The summed E-state index contributed by atoms with van der Waals surface area (Å²) in [6.45, 7) is 12.8. The van der Waals surface area contributed by atoms with Crippen molar-refractivity contribution in [2.75, 3.05) is 46.1 Å². The molecule has 1 rings (SSSR count). The molecule has 5 nitrogen and oxygen atoms in total. The van der Waals surface area contributed by atoms with Gasteiger partial charge in [0, 0.05) is 46.1 Å². The van der Waals surface area contributed by atoms with E-state index in [9.17, 15) is 0 Å². The van der Waals surface area contributed by atoms with E-state index in [0.29, 0.717) is 11.8 Å². The molecule has 1 aliphatic heterocycles. The van der Waals surface area contributed by atoms with Crippen LogP contribution in [-0.2, 0) is 9.47 Å². The third-order valence-electron chi connectivity index (χ3n) is 4.46. The normalized spacial score (nSPS) is 16.1. The number of guanidine groups is 1. The number of halogens is 1. The van der Waals surface area contributed by atoms with Gasteiger partial charge in [0.1, 0.15) is 0 Å². The van der Waals surface area contributed by atoms with Crippen molar-refractivity contribution >= 4 is 29.9 Å². The van der Waals surface area contributed by atoms with Gasteiger partial charge >= 0.3 is 0 Å². The highest BCUT2D eigenvalue weighted by Crippen LogP contribution is 2.14. The SMILES string of the molecule is CCNC(=NCC(CC)CC)NCCCOCC1CCOCC1.I. The number of nitrogens with one attached hydrogen (secondary N) is 2. The molecular weight excluding hydrogens is 417 g/mol. The first-order valence-corrected chi connectivity index (χ1v) is 9.47. The second kappa shape index (κ2) is 16.4. The monoisotopic (exact) mass is 455 g/mol. The van der Waals surface area contributed by atoms with Crippen LogP contribution in [0.5, 0.6) is 0 Å². The fourth-order valence-corrected chi connectivity index (χ4v) is 2.65. The number of ether oxygens (including phenoxy) is 2. The van der Waals surface area contributed by atoms with Gasteiger partial charge in [0.15, 0.2) is 5.96 Å². The molecule has 0 aromatic carbocycles. The fraction of sp³-hybridized carbons (Fsp3) is 0.944. The first kappa shape index (κ1) is 23.9. The van der Waals surface area contributed by atoms with Crippen LogP contribution in [0.2, 0.25) is 0 Å². The number of hydrogen-bond acceptors (Lipinski definition) is 3. The minimum atomic E-state index is 0. The third-order valence-corrected chi connectivity index (χ3v) is 4.46. The van der Waals surface area contributed by atoms with Crippen molar-refractivity contribution in [3.05, 3.63) is 0 Å². The van der Waals surface area contributed by atoms with Gasteiger partial charge < -0.3 is 20.1 Å². The van der Waals surface area contributed by atoms with Crippen molar-refractivity contribution in [2.45, 2.75) is 52.9 Å². The largest absolute Gasteiger partial charge is 0.381 e. The second-order valence-electron chi connectivity index (χ2n) is 6.31. The van der Waals surface area contributed by atoms with Gasteiger partial charge in [0.25, 0.3) is 0 Å². The van der Waals surface area contributed by atoms with E-state index in [4.69, 9.17) is 9.47 Å². The average molecular weight is 455 g/mol. The van der Waals surface area contributed by atoms with Crippen LogP contribution in [0.25, 0.3) is 0 Å². The van der Waals surface area contributed by atoms with Gasteiger partial charge in [0.05, 0.1) is 0 Å². The Bertz CT molecular complexity index is 307.